The van der Waals surface area contributed by atoms with Gasteiger partial charge in [-0.15, -0.1) is 0 Å². The van der Waals surface area contributed by atoms with Gasteiger partial charge in [-0.3, -0.25) is 9.13 Å². The summed E-state index contributed by atoms with van der Waals surface area (Å²) in [5.41, 5.74) is -0.542. The Balaban J connectivity index is 2.27. The van der Waals surface area contributed by atoms with Crippen molar-refractivity contribution in [2.75, 3.05) is 46.0 Å². The predicted molar refractivity (Wildman–Crippen MR) is 88.8 cm³/mol. The van der Waals surface area contributed by atoms with Crippen LogP contribution in [-0.4, -0.2) is 61.9 Å². The highest BCUT2D eigenvalue weighted by molar-refractivity contribution is 7.57. The maximum Gasteiger partial charge on any atom is 0.352 e. The second kappa shape index (κ2) is 6.96. The van der Waals surface area contributed by atoms with E-state index in [4.69, 9.17) is 14.0 Å². The summed E-state index contributed by atoms with van der Waals surface area (Å²) in [6.45, 7) is 2.74. The zero-order valence-corrected chi connectivity index (χ0v) is 15.2. The lowest BCUT2D eigenvalue weighted by Gasteiger charge is -2.21. The molecule has 0 spiro atoms. The van der Waals surface area contributed by atoms with E-state index in [1.807, 2.05) is 0 Å². The van der Waals surface area contributed by atoms with Crippen LogP contribution in [0.3, 0.4) is 0 Å². The van der Waals surface area contributed by atoms with Gasteiger partial charge in [0.25, 0.3) is 0 Å². The van der Waals surface area contributed by atoms with Crippen LogP contribution in [0.4, 0.5) is 5.82 Å². The van der Waals surface area contributed by atoms with Gasteiger partial charge in [0.1, 0.15) is 12.4 Å². The number of methoxy groups -OCH3 is 1. The number of anilines is 1. The molecule has 1 aromatic heterocycles. The molecule has 0 aromatic carbocycles. The number of nitrogens with zero attached hydrogens (tertiary/aromatic N) is 3. The minimum atomic E-state index is -2.74. The fraction of sp³-hybridized carbons (Fsp3) is 0.571. The molecular weight excluding hydrogens is 337 g/mol. The number of aliphatic hydroxyl groups is 1. The largest absolute Gasteiger partial charge is 0.506 e. The Morgan fingerprint density at radius 2 is 2.12 bits per heavy atom. The van der Waals surface area contributed by atoms with Crippen LogP contribution < -0.4 is 10.6 Å². The molecule has 2 rings (SSSR count). The number of aliphatic hydroxyl groups excluding tert-OH is 1. The Morgan fingerprint density at radius 3 is 2.62 bits per heavy atom. The van der Waals surface area contributed by atoms with Crippen molar-refractivity contribution in [3.63, 3.8) is 0 Å². The predicted octanol–water partition coefficient (Wildman–Crippen LogP) is 1.18. The maximum absolute atomic E-state index is 12.2. The highest BCUT2D eigenvalue weighted by Gasteiger charge is 2.39. The summed E-state index contributed by atoms with van der Waals surface area (Å²) in [4.78, 5) is 17.9. The van der Waals surface area contributed by atoms with E-state index in [0.717, 1.165) is 0 Å². The van der Waals surface area contributed by atoms with Crippen LogP contribution in [0.15, 0.2) is 28.6 Å². The van der Waals surface area contributed by atoms with E-state index >= 15 is 0 Å². The van der Waals surface area contributed by atoms with E-state index in [1.54, 1.807) is 25.1 Å². The van der Waals surface area contributed by atoms with Crippen molar-refractivity contribution >= 4 is 13.2 Å². The first-order valence-corrected chi connectivity index (χ1v) is 9.73. The van der Waals surface area contributed by atoms with Gasteiger partial charge in [-0.05, 0) is 6.07 Å². The molecule has 9 nitrogen and oxygen atoms in total. The van der Waals surface area contributed by atoms with E-state index in [1.165, 1.54) is 31.2 Å². The number of ether oxygens (including phenoxy) is 2. The van der Waals surface area contributed by atoms with E-state index in [9.17, 15) is 14.5 Å². The van der Waals surface area contributed by atoms with Crippen molar-refractivity contribution in [3.05, 3.63) is 34.3 Å². The molecule has 0 saturated heterocycles. The maximum atomic E-state index is 12.2. The molecule has 1 N–H and O–H groups in total. The molecule has 0 saturated carbocycles. The van der Waals surface area contributed by atoms with Crippen LogP contribution >= 0.6 is 7.37 Å². The van der Waals surface area contributed by atoms with Crippen LogP contribution in [0.25, 0.3) is 0 Å². The minimum absolute atomic E-state index is 0.0827. The second-order valence-corrected chi connectivity index (χ2v) is 8.63. The zero-order valence-electron chi connectivity index (χ0n) is 14.3. The molecule has 2 atom stereocenters. The van der Waals surface area contributed by atoms with Crippen molar-refractivity contribution in [3.8, 4) is 0 Å². The highest BCUT2D eigenvalue weighted by Crippen LogP contribution is 2.40. The molecule has 2 heterocycles. The van der Waals surface area contributed by atoms with Crippen molar-refractivity contribution in [2.24, 2.45) is 0 Å². The van der Waals surface area contributed by atoms with Gasteiger partial charge in [-0.1, -0.05) is 0 Å². The fourth-order valence-corrected chi connectivity index (χ4v) is 2.59. The van der Waals surface area contributed by atoms with Crippen LogP contribution in [0.1, 0.15) is 6.23 Å². The Morgan fingerprint density at radius 1 is 1.46 bits per heavy atom. The van der Waals surface area contributed by atoms with Gasteiger partial charge in [0, 0.05) is 40.7 Å². The van der Waals surface area contributed by atoms with Gasteiger partial charge < -0.3 is 24.0 Å². The summed E-state index contributed by atoms with van der Waals surface area (Å²) < 4.78 is 28.9. The average Bonchev–Trinajstić information content (AvgIpc) is 2.80. The lowest BCUT2D eigenvalue weighted by molar-refractivity contribution is -0.0365. The highest BCUT2D eigenvalue weighted by atomic mass is 31.2. The molecule has 0 aliphatic carbocycles. The molecule has 0 amide bonds. The molecule has 0 bridgehead atoms. The van der Waals surface area contributed by atoms with Gasteiger partial charge in [-0.25, -0.2) is 4.79 Å². The summed E-state index contributed by atoms with van der Waals surface area (Å²) in [6, 6.07) is 1.65. The zero-order chi connectivity index (χ0) is 18.1. The summed E-state index contributed by atoms with van der Waals surface area (Å²) in [7, 11) is 2.18. The van der Waals surface area contributed by atoms with Crippen molar-refractivity contribution < 1.29 is 23.7 Å². The minimum Gasteiger partial charge on any atom is -0.506 e. The normalized spacial score (nSPS) is 21.0. The van der Waals surface area contributed by atoms with Crippen LogP contribution in [0.5, 0.6) is 0 Å². The van der Waals surface area contributed by atoms with Gasteiger partial charge in [0.05, 0.1) is 0 Å². The first kappa shape index (κ1) is 18.5. The van der Waals surface area contributed by atoms with E-state index in [2.05, 4.69) is 4.98 Å². The van der Waals surface area contributed by atoms with E-state index in [-0.39, 0.29) is 18.1 Å². The van der Waals surface area contributed by atoms with Crippen molar-refractivity contribution in [2.45, 2.75) is 12.3 Å². The standard InChI is InChI=1S/C14H22N3O6P/c1-16(2)10-6-7-17(14(19)15-10)13-12(21-3)11(18)9(23-13)8-22-24(4,5)20/h6-7,12-13,18H,8H2,1-5H3/t12?,13-/m1/s1. The summed E-state index contributed by atoms with van der Waals surface area (Å²) >= 11 is 0. The van der Waals surface area contributed by atoms with Gasteiger partial charge in [0.15, 0.2) is 25.0 Å². The third kappa shape index (κ3) is 3.98. The quantitative estimate of drug-likeness (QED) is 0.755. The molecule has 1 aliphatic heterocycles. The molecule has 0 fully saturated rings. The second-order valence-electron chi connectivity index (χ2n) is 5.87. The monoisotopic (exact) mass is 359 g/mol. The van der Waals surface area contributed by atoms with Crippen molar-refractivity contribution in [1.82, 2.24) is 9.55 Å². The Bertz CT molecular complexity index is 738. The Hall–Kier alpha value is -1.83. The SMILES string of the molecule is COC1C(O)=C(COP(C)(C)=O)O[C@H]1n1ccc(N(C)C)nc1=O. The number of aromatic nitrogens is 2. The molecule has 134 valence electrons. The first-order chi connectivity index (χ1) is 11.1. The van der Waals surface area contributed by atoms with Crippen molar-refractivity contribution in [1.29, 1.82) is 0 Å². The molecule has 1 aromatic rings. The molecule has 24 heavy (non-hydrogen) atoms. The van der Waals surface area contributed by atoms with Gasteiger partial charge in [-0.2, -0.15) is 4.98 Å². The van der Waals surface area contributed by atoms with Gasteiger partial charge >= 0.3 is 5.69 Å². The third-order valence-corrected chi connectivity index (χ3v) is 4.14. The van der Waals surface area contributed by atoms with Crippen LogP contribution in [-0.2, 0) is 18.6 Å². The summed E-state index contributed by atoms with van der Waals surface area (Å²) in [5.74, 6) is 0.390. The topological polar surface area (TPSA) is 103 Å². The van der Waals surface area contributed by atoms with E-state index < -0.39 is 25.4 Å². The molecule has 1 aliphatic rings. The first-order valence-electron chi connectivity index (χ1n) is 7.21. The summed E-state index contributed by atoms with van der Waals surface area (Å²) in [5, 5.41) is 10.2. The molecule has 1 unspecified atom stereocenters. The summed E-state index contributed by atoms with van der Waals surface area (Å²) in [6.07, 6.45) is -0.289. The van der Waals surface area contributed by atoms with E-state index in [0.29, 0.717) is 5.82 Å². The molecular formula is C14H22N3O6P. The van der Waals surface area contributed by atoms with Gasteiger partial charge in [0.2, 0.25) is 6.23 Å². The lowest BCUT2D eigenvalue weighted by Crippen LogP contribution is -2.34. The Labute approximate surface area is 139 Å². The number of hydrogen-bond donors (Lipinski definition) is 1. The Kier molecular flexibility index (Phi) is 5.37. The lowest BCUT2D eigenvalue weighted by atomic mass is 10.2. The fourth-order valence-electron chi connectivity index (χ4n) is 2.16. The average molecular weight is 359 g/mol. The number of hydrogen-bond acceptors (Lipinski definition) is 8. The van der Waals surface area contributed by atoms with Crippen LogP contribution in [0, 0.1) is 0 Å². The smallest absolute Gasteiger partial charge is 0.352 e. The molecule has 0 radical (unpaired) electrons. The molecule has 10 heteroatoms. The van der Waals surface area contributed by atoms with Crippen LogP contribution in [0.2, 0.25) is 0 Å². The number of rotatable bonds is 6. The third-order valence-electron chi connectivity index (χ3n) is 3.39.